The van der Waals surface area contributed by atoms with Gasteiger partial charge in [0.1, 0.15) is 0 Å². The number of hydrogen-bond donors (Lipinski definition) is 0. The highest BCUT2D eigenvalue weighted by Gasteiger charge is 2.02. The molecule has 1 aromatic heterocycles. The Kier molecular flexibility index (Phi) is 5.50. The molecule has 3 rings (SSSR count). The second-order valence-electron chi connectivity index (χ2n) is 5.51. The Morgan fingerprint density at radius 1 is 1.08 bits per heavy atom. The van der Waals surface area contributed by atoms with Gasteiger partial charge in [0.15, 0.2) is 11.6 Å². The summed E-state index contributed by atoms with van der Waals surface area (Å²) in [4.78, 5) is 5.37. The van der Waals surface area contributed by atoms with E-state index in [1.165, 1.54) is 29.2 Å². The number of nitrogens with zero attached hydrogens (tertiary/aromatic N) is 3. The molecule has 0 aliphatic heterocycles. The zero-order chi connectivity index (χ0) is 17.6. The molecule has 0 atom stereocenters. The molecule has 0 aliphatic rings. The number of halogens is 2. The summed E-state index contributed by atoms with van der Waals surface area (Å²) in [7, 11) is 0. The van der Waals surface area contributed by atoms with Crippen molar-refractivity contribution >= 4 is 17.6 Å². The minimum Gasteiger partial charge on any atom is -0.257 e. The van der Waals surface area contributed by atoms with Gasteiger partial charge in [-0.1, -0.05) is 36.4 Å². The van der Waals surface area contributed by atoms with E-state index >= 15 is 0 Å². The van der Waals surface area contributed by atoms with Crippen LogP contribution in [0, 0.1) is 18.6 Å². The first-order valence-electron chi connectivity index (χ1n) is 7.84. The Morgan fingerprint density at radius 3 is 2.64 bits per heavy atom. The molecule has 128 valence electrons. The van der Waals surface area contributed by atoms with Gasteiger partial charge in [-0.05, 0) is 36.6 Å². The molecule has 0 N–H and O–H groups in total. The topological polar surface area (TPSA) is 29.6 Å². The largest absolute Gasteiger partial charge is 0.257 e. The van der Waals surface area contributed by atoms with Crippen LogP contribution in [0.25, 0.3) is 0 Å². The second-order valence-corrected chi connectivity index (χ2v) is 6.34. The van der Waals surface area contributed by atoms with Gasteiger partial charge < -0.3 is 0 Å². The van der Waals surface area contributed by atoms with Crippen molar-refractivity contribution in [1.29, 1.82) is 0 Å². The normalized spacial score (nSPS) is 12.2. The SMILES string of the molecule is Cc1csc(=NCCc2ccccc2)n1N=Cc1ccc(F)c(F)c1. The Hall–Kier alpha value is -2.60. The quantitative estimate of drug-likeness (QED) is 0.614. The molecule has 0 unspecified atom stereocenters. The lowest BCUT2D eigenvalue weighted by Crippen LogP contribution is -2.13. The van der Waals surface area contributed by atoms with E-state index < -0.39 is 11.6 Å². The van der Waals surface area contributed by atoms with Crippen LogP contribution < -0.4 is 4.80 Å². The van der Waals surface area contributed by atoms with Crippen LogP contribution in [0.4, 0.5) is 8.78 Å². The van der Waals surface area contributed by atoms with Gasteiger partial charge in [-0.2, -0.15) is 5.10 Å². The molecule has 3 aromatic rings. The minimum atomic E-state index is -0.885. The first-order chi connectivity index (χ1) is 12.1. The standard InChI is InChI=1S/C19H17F2N3S/c1-14-13-25-19(22-10-9-15-5-3-2-4-6-15)24(14)23-12-16-7-8-17(20)18(21)11-16/h2-8,11-13H,9-10H2,1H3. The maximum atomic E-state index is 13.3. The maximum absolute atomic E-state index is 13.3. The van der Waals surface area contributed by atoms with Crippen LogP contribution in [0.2, 0.25) is 0 Å². The van der Waals surface area contributed by atoms with E-state index in [9.17, 15) is 8.78 Å². The van der Waals surface area contributed by atoms with Gasteiger partial charge in [-0.25, -0.2) is 13.5 Å². The van der Waals surface area contributed by atoms with Crippen LogP contribution >= 0.6 is 11.3 Å². The highest BCUT2D eigenvalue weighted by Crippen LogP contribution is 2.07. The Labute approximate surface area is 148 Å². The zero-order valence-electron chi connectivity index (χ0n) is 13.7. The van der Waals surface area contributed by atoms with Crippen molar-refractivity contribution in [3.63, 3.8) is 0 Å². The number of aryl methyl sites for hydroxylation is 1. The van der Waals surface area contributed by atoms with Crippen molar-refractivity contribution in [1.82, 2.24) is 4.68 Å². The van der Waals surface area contributed by atoms with Crippen LogP contribution in [0.5, 0.6) is 0 Å². The summed E-state index contributed by atoms with van der Waals surface area (Å²) in [5.41, 5.74) is 2.66. The lowest BCUT2D eigenvalue weighted by Gasteiger charge is -2.00. The van der Waals surface area contributed by atoms with Crippen molar-refractivity contribution in [3.8, 4) is 0 Å². The fourth-order valence-electron chi connectivity index (χ4n) is 2.28. The molecule has 0 amide bonds. The molecule has 0 radical (unpaired) electrons. The summed E-state index contributed by atoms with van der Waals surface area (Å²) in [6.07, 6.45) is 2.35. The lowest BCUT2D eigenvalue weighted by atomic mass is 10.2. The molecule has 0 aliphatic carbocycles. The first-order valence-corrected chi connectivity index (χ1v) is 8.72. The molecule has 6 heteroatoms. The van der Waals surface area contributed by atoms with Crippen molar-refractivity contribution in [2.75, 3.05) is 6.54 Å². The van der Waals surface area contributed by atoms with Crippen LogP contribution in [0.3, 0.4) is 0 Å². The number of aromatic nitrogens is 1. The maximum Gasteiger partial charge on any atom is 0.205 e. The average molecular weight is 357 g/mol. The molecule has 1 heterocycles. The third kappa shape index (κ3) is 4.48. The van der Waals surface area contributed by atoms with Crippen molar-refractivity contribution in [3.05, 3.63) is 87.2 Å². The van der Waals surface area contributed by atoms with Crippen molar-refractivity contribution in [2.45, 2.75) is 13.3 Å². The van der Waals surface area contributed by atoms with E-state index in [0.29, 0.717) is 12.1 Å². The summed E-state index contributed by atoms with van der Waals surface area (Å²) in [5.74, 6) is -1.75. The van der Waals surface area contributed by atoms with E-state index in [0.717, 1.165) is 29.0 Å². The molecule has 0 spiro atoms. The number of hydrogen-bond acceptors (Lipinski definition) is 3. The molecule has 0 saturated carbocycles. The fraction of sp³-hybridized carbons (Fsp3) is 0.158. The molecule has 0 fully saturated rings. The predicted octanol–water partition coefficient (Wildman–Crippen LogP) is 4.16. The van der Waals surface area contributed by atoms with Crippen molar-refractivity contribution < 1.29 is 8.78 Å². The van der Waals surface area contributed by atoms with Gasteiger partial charge in [0, 0.05) is 11.9 Å². The Morgan fingerprint density at radius 2 is 1.88 bits per heavy atom. The zero-order valence-corrected chi connectivity index (χ0v) is 14.5. The van der Waals surface area contributed by atoms with Gasteiger partial charge >= 0.3 is 0 Å². The summed E-state index contributed by atoms with van der Waals surface area (Å²) in [6, 6.07) is 13.9. The van der Waals surface area contributed by atoms with E-state index in [-0.39, 0.29) is 0 Å². The molecule has 0 bridgehead atoms. The molecule has 3 nitrogen and oxygen atoms in total. The summed E-state index contributed by atoms with van der Waals surface area (Å²) < 4.78 is 28.0. The number of rotatable bonds is 5. The van der Waals surface area contributed by atoms with Crippen LogP contribution in [-0.4, -0.2) is 17.4 Å². The highest BCUT2D eigenvalue weighted by atomic mass is 32.1. The summed E-state index contributed by atoms with van der Waals surface area (Å²) in [6.45, 7) is 2.58. The van der Waals surface area contributed by atoms with Gasteiger partial charge in [-0.3, -0.25) is 4.99 Å². The van der Waals surface area contributed by atoms with Gasteiger partial charge in [0.25, 0.3) is 0 Å². The third-order valence-electron chi connectivity index (χ3n) is 3.61. The lowest BCUT2D eigenvalue weighted by molar-refractivity contribution is 0.508. The number of benzene rings is 2. The van der Waals surface area contributed by atoms with E-state index in [1.807, 2.05) is 30.5 Å². The van der Waals surface area contributed by atoms with Crippen LogP contribution in [0.15, 0.2) is 64.0 Å². The Bertz CT molecular complexity index is 943. The fourth-order valence-corrected chi connectivity index (χ4v) is 3.11. The molecular weight excluding hydrogens is 340 g/mol. The average Bonchev–Trinajstić information content (AvgIpc) is 2.97. The van der Waals surface area contributed by atoms with Crippen LogP contribution in [0.1, 0.15) is 16.8 Å². The van der Waals surface area contributed by atoms with Gasteiger partial charge in [0.2, 0.25) is 4.80 Å². The molecule has 25 heavy (non-hydrogen) atoms. The third-order valence-corrected chi connectivity index (χ3v) is 4.58. The Balaban J connectivity index is 1.78. The van der Waals surface area contributed by atoms with E-state index in [4.69, 9.17) is 0 Å². The molecule has 2 aromatic carbocycles. The van der Waals surface area contributed by atoms with Crippen LogP contribution in [-0.2, 0) is 6.42 Å². The second kappa shape index (κ2) is 7.98. The number of thiazole rings is 1. The monoisotopic (exact) mass is 357 g/mol. The minimum absolute atomic E-state index is 0.493. The highest BCUT2D eigenvalue weighted by molar-refractivity contribution is 7.07. The molecule has 0 saturated heterocycles. The van der Waals surface area contributed by atoms with Crippen molar-refractivity contribution in [2.24, 2.45) is 10.1 Å². The van der Waals surface area contributed by atoms with E-state index in [2.05, 4.69) is 22.2 Å². The summed E-state index contributed by atoms with van der Waals surface area (Å²) >= 11 is 1.50. The van der Waals surface area contributed by atoms with Gasteiger partial charge in [-0.15, -0.1) is 11.3 Å². The smallest absolute Gasteiger partial charge is 0.205 e. The summed E-state index contributed by atoms with van der Waals surface area (Å²) in [5, 5.41) is 6.31. The first kappa shape index (κ1) is 17.2. The van der Waals surface area contributed by atoms with E-state index in [1.54, 1.807) is 4.68 Å². The van der Waals surface area contributed by atoms with Gasteiger partial charge in [0.05, 0.1) is 11.9 Å². The predicted molar refractivity (Wildman–Crippen MR) is 97.0 cm³/mol. The molecular formula is C19H17F2N3S.